The van der Waals surface area contributed by atoms with Crippen LogP contribution in [0.5, 0.6) is 11.5 Å². The molecule has 0 saturated heterocycles. The predicted octanol–water partition coefficient (Wildman–Crippen LogP) is 4.40. The van der Waals surface area contributed by atoms with E-state index >= 15 is 0 Å². The average Bonchev–Trinajstić information content (AvgIpc) is 3.13. The van der Waals surface area contributed by atoms with E-state index in [9.17, 15) is 14.9 Å². The zero-order valence-electron chi connectivity index (χ0n) is 17.2. The molecule has 1 amide bonds. The summed E-state index contributed by atoms with van der Waals surface area (Å²) in [6.45, 7) is 3.28. The van der Waals surface area contributed by atoms with Crippen LogP contribution in [0.4, 0.5) is 11.4 Å². The standard InChI is InChI=1S/C22H21N3O6/c1-14-4-8-17(9-5-14)23-21(26)13-30-18-10-6-16(12-20(18)29-3)7-11-19-22(25(27)28)15(2)24-31-19/h4-12H,13H2,1-3H3,(H,23,26)/b11-7-. The maximum atomic E-state index is 12.1. The molecule has 0 spiro atoms. The molecule has 9 nitrogen and oxygen atoms in total. The smallest absolute Gasteiger partial charge is 0.338 e. The van der Waals surface area contributed by atoms with Gasteiger partial charge >= 0.3 is 5.69 Å². The van der Waals surface area contributed by atoms with Crippen molar-refractivity contribution in [2.75, 3.05) is 19.0 Å². The number of rotatable bonds is 8. The zero-order valence-corrected chi connectivity index (χ0v) is 17.2. The third-order valence-corrected chi connectivity index (χ3v) is 4.35. The van der Waals surface area contributed by atoms with Gasteiger partial charge in [-0.15, -0.1) is 0 Å². The van der Waals surface area contributed by atoms with Crippen LogP contribution in [0.2, 0.25) is 0 Å². The lowest BCUT2D eigenvalue weighted by molar-refractivity contribution is -0.386. The van der Waals surface area contributed by atoms with Crippen LogP contribution in [0.15, 0.2) is 47.0 Å². The van der Waals surface area contributed by atoms with Gasteiger partial charge < -0.3 is 19.3 Å². The number of methoxy groups -OCH3 is 1. The lowest BCUT2D eigenvalue weighted by Crippen LogP contribution is -2.20. The summed E-state index contributed by atoms with van der Waals surface area (Å²) in [5.74, 6) is 0.547. The number of nitrogens with zero attached hydrogens (tertiary/aromatic N) is 2. The second-order valence-corrected chi connectivity index (χ2v) is 6.68. The highest BCUT2D eigenvalue weighted by Gasteiger charge is 2.21. The minimum Gasteiger partial charge on any atom is -0.493 e. The third kappa shape index (κ3) is 5.47. The quantitative estimate of drug-likeness (QED) is 0.422. The number of aromatic nitrogens is 1. The van der Waals surface area contributed by atoms with Crippen molar-refractivity contribution in [2.24, 2.45) is 0 Å². The molecule has 0 atom stereocenters. The van der Waals surface area contributed by atoms with E-state index in [1.807, 2.05) is 31.2 Å². The molecule has 3 aromatic rings. The molecule has 3 rings (SSSR count). The van der Waals surface area contributed by atoms with E-state index in [1.54, 1.807) is 24.3 Å². The topological polar surface area (TPSA) is 117 Å². The number of amides is 1. The number of anilines is 1. The molecule has 0 radical (unpaired) electrons. The molecule has 0 fully saturated rings. The number of carbonyl (C=O) groups is 1. The van der Waals surface area contributed by atoms with Gasteiger partial charge in [0.05, 0.1) is 12.0 Å². The average molecular weight is 423 g/mol. The van der Waals surface area contributed by atoms with Crippen LogP contribution in [0, 0.1) is 24.0 Å². The second kappa shape index (κ2) is 9.57. The third-order valence-electron chi connectivity index (χ3n) is 4.35. The highest BCUT2D eigenvalue weighted by atomic mass is 16.6. The van der Waals surface area contributed by atoms with Gasteiger partial charge in [-0.1, -0.05) is 35.0 Å². The van der Waals surface area contributed by atoms with E-state index in [2.05, 4.69) is 10.5 Å². The van der Waals surface area contributed by atoms with E-state index < -0.39 is 4.92 Å². The fourth-order valence-electron chi connectivity index (χ4n) is 2.77. The SMILES string of the molecule is COc1cc(/C=C\c2onc(C)c2[N+](=O)[O-])ccc1OCC(=O)Nc1ccc(C)cc1. The summed E-state index contributed by atoms with van der Waals surface area (Å²) >= 11 is 0. The Kier molecular flexibility index (Phi) is 6.66. The predicted molar refractivity (Wildman–Crippen MR) is 115 cm³/mol. The molecule has 160 valence electrons. The number of nitrogens with one attached hydrogen (secondary N) is 1. The van der Waals surface area contributed by atoms with Crippen molar-refractivity contribution in [1.29, 1.82) is 0 Å². The lowest BCUT2D eigenvalue weighted by Gasteiger charge is -2.11. The Bertz CT molecular complexity index is 1120. The first-order valence-electron chi connectivity index (χ1n) is 9.33. The van der Waals surface area contributed by atoms with Gasteiger partial charge in [0.1, 0.15) is 0 Å². The molecule has 0 aliphatic heterocycles. The molecule has 2 aromatic carbocycles. The highest BCUT2D eigenvalue weighted by molar-refractivity contribution is 5.91. The van der Waals surface area contributed by atoms with Gasteiger partial charge in [-0.3, -0.25) is 14.9 Å². The van der Waals surface area contributed by atoms with Gasteiger partial charge in [-0.05, 0) is 49.8 Å². The van der Waals surface area contributed by atoms with Crippen LogP contribution in [0.1, 0.15) is 22.6 Å². The summed E-state index contributed by atoms with van der Waals surface area (Å²) < 4.78 is 15.9. The van der Waals surface area contributed by atoms with Crippen LogP contribution in [0.25, 0.3) is 12.2 Å². The fourth-order valence-corrected chi connectivity index (χ4v) is 2.77. The number of aryl methyl sites for hydroxylation is 2. The minimum atomic E-state index is -0.537. The van der Waals surface area contributed by atoms with E-state index in [4.69, 9.17) is 14.0 Å². The summed E-state index contributed by atoms with van der Waals surface area (Å²) in [7, 11) is 1.48. The first-order chi connectivity index (χ1) is 14.9. The molecule has 31 heavy (non-hydrogen) atoms. The molecule has 0 unspecified atom stereocenters. The molecule has 0 bridgehead atoms. The summed E-state index contributed by atoms with van der Waals surface area (Å²) in [4.78, 5) is 22.7. The number of hydrogen-bond acceptors (Lipinski definition) is 7. The Labute approximate surface area is 178 Å². The number of hydrogen-bond donors (Lipinski definition) is 1. The first-order valence-corrected chi connectivity index (χ1v) is 9.33. The second-order valence-electron chi connectivity index (χ2n) is 6.68. The molecule has 1 N–H and O–H groups in total. The van der Waals surface area contributed by atoms with Crippen LogP contribution in [0.3, 0.4) is 0 Å². The van der Waals surface area contributed by atoms with Gasteiger partial charge in [0.25, 0.3) is 5.91 Å². The molecule has 1 heterocycles. The van der Waals surface area contributed by atoms with Crippen molar-refractivity contribution in [3.8, 4) is 11.5 Å². The summed E-state index contributed by atoms with van der Waals surface area (Å²) in [6.07, 6.45) is 3.09. The van der Waals surface area contributed by atoms with Crippen molar-refractivity contribution in [1.82, 2.24) is 5.16 Å². The van der Waals surface area contributed by atoms with Crippen LogP contribution < -0.4 is 14.8 Å². The maximum Gasteiger partial charge on any atom is 0.338 e. The maximum absolute atomic E-state index is 12.1. The minimum absolute atomic E-state index is 0.0505. The fraction of sp³-hybridized carbons (Fsp3) is 0.182. The van der Waals surface area contributed by atoms with E-state index in [1.165, 1.54) is 20.1 Å². The van der Waals surface area contributed by atoms with Gasteiger partial charge in [-0.25, -0.2) is 0 Å². The molecule has 0 aliphatic carbocycles. The normalized spacial score (nSPS) is 10.8. The number of carbonyl (C=O) groups excluding carboxylic acids is 1. The first kappa shape index (κ1) is 21.6. The van der Waals surface area contributed by atoms with Gasteiger partial charge in [0.2, 0.25) is 5.76 Å². The van der Waals surface area contributed by atoms with Crippen LogP contribution in [-0.2, 0) is 4.79 Å². The Hall–Kier alpha value is -4.14. The lowest BCUT2D eigenvalue weighted by atomic mass is 10.1. The van der Waals surface area contributed by atoms with Crippen molar-refractivity contribution in [3.63, 3.8) is 0 Å². The molecule has 0 saturated carbocycles. The Balaban J connectivity index is 1.66. The Morgan fingerprint density at radius 1 is 1.16 bits per heavy atom. The monoisotopic (exact) mass is 423 g/mol. The van der Waals surface area contributed by atoms with Crippen molar-refractivity contribution < 1.29 is 23.7 Å². The van der Waals surface area contributed by atoms with E-state index in [0.29, 0.717) is 22.7 Å². The number of benzene rings is 2. The van der Waals surface area contributed by atoms with Crippen molar-refractivity contribution in [2.45, 2.75) is 13.8 Å². The number of nitro groups is 1. The van der Waals surface area contributed by atoms with Crippen molar-refractivity contribution in [3.05, 3.63) is 75.2 Å². The molecule has 9 heteroatoms. The molecular weight excluding hydrogens is 402 g/mol. The summed E-state index contributed by atoms with van der Waals surface area (Å²) in [5, 5.41) is 17.5. The number of ether oxygens (including phenoxy) is 2. The van der Waals surface area contributed by atoms with Crippen LogP contribution >= 0.6 is 0 Å². The van der Waals surface area contributed by atoms with Gasteiger partial charge in [-0.2, -0.15) is 0 Å². The van der Waals surface area contributed by atoms with Gasteiger partial charge in [0, 0.05) is 5.69 Å². The Morgan fingerprint density at radius 2 is 1.90 bits per heavy atom. The van der Waals surface area contributed by atoms with Crippen molar-refractivity contribution >= 4 is 29.4 Å². The van der Waals surface area contributed by atoms with Crippen LogP contribution in [-0.4, -0.2) is 29.7 Å². The molecule has 0 aliphatic rings. The van der Waals surface area contributed by atoms with E-state index in [-0.39, 0.29) is 29.7 Å². The summed E-state index contributed by atoms with van der Waals surface area (Å²) in [6, 6.07) is 12.5. The zero-order chi connectivity index (χ0) is 22.4. The molecule has 1 aromatic heterocycles. The van der Waals surface area contributed by atoms with E-state index in [0.717, 1.165) is 5.56 Å². The Morgan fingerprint density at radius 3 is 2.58 bits per heavy atom. The van der Waals surface area contributed by atoms with Gasteiger partial charge in [0.15, 0.2) is 23.8 Å². The largest absolute Gasteiger partial charge is 0.493 e. The molecular formula is C22H21N3O6. The highest BCUT2D eigenvalue weighted by Crippen LogP contribution is 2.30. The summed E-state index contributed by atoms with van der Waals surface area (Å²) in [5.41, 5.74) is 2.50.